The molecule has 0 aromatic heterocycles. The van der Waals surface area contributed by atoms with Crippen LogP contribution in [0.15, 0.2) is 23.1 Å². The van der Waals surface area contributed by atoms with Gasteiger partial charge in [0.2, 0.25) is 10.0 Å². The van der Waals surface area contributed by atoms with Crippen LogP contribution in [0.1, 0.15) is 25.3 Å². The summed E-state index contributed by atoms with van der Waals surface area (Å²) in [5.74, 6) is 0.355. The van der Waals surface area contributed by atoms with Crippen molar-refractivity contribution in [3.63, 3.8) is 0 Å². The van der Waals surface area contributed by atoms with Gasteiger partial charge in [0.25, 0.3) is 0 Å². The van der Waals surface area contributed by atoms with Gasteiger partial charge in [-0.2, -0.15) is 4.31 Å². The van der Waals surface area contributed by atoms with E-state index >= 15 is 0 Å². The van der Waals surface area contributed by atoms with Crippen LogP contribution in [0.25, 0.3) is 0 Å². The van der Waals surface area contributed by atoms with E-state index in [9.17, 15) is 13.5 Å². The second-order valence-electron chi connectivity index (χ2n) is 5.56. The molecular formula is C14H21NO4S. The van der Waals surface area contributed by atoms with Crippen LogP contribution in [0, 0.1) is 6.92 Å². The predicted molar refractivity (Wildman–Crippen MR) is 76.3 cm³/mol. The van der Waals surface area contributed by atoms with Gasteiger partial charge in [-0.1, -0.05) is 6.07 Å². The fourth-order valence-electron chi connectivity index (χ4n) is 2.33. The maximum absolute atomic E-state index is 12.7. The number of sulfonamides is 1. The molecule has 1 aliphatic heterocycles. The van der Waals surface area contributed by atoms with Crippen molar-refractivity contribution in [3.8, 4) is 5.75 Å². The number of benzene rings is 1. The van der Waals surface area contributed by atoms with Crippen LogP contribution in [-0.2, 0) is 10.0 Å². The first kappa shape index (κ1) is 15.3. The summed E-state index contributed by atoms with van der Waals surface area (Å²) >= 11 is 0. The first-order chi connectivity index (χ1) is 9.26. The van der Waals surface area contributed by atoms with E-state index in [0.717, 1.165) is 5.56 Å². The average Bonchev–Trinajstić information content (AvgIpc) is 2.38. The molecule has 1 aromatic rings. The van der Waals surface area contributed by atoms with E-state index in [1.165, 1.54) is 11.4 Å². The third-order valence-corrected chi connectivity index (χ3v) is 5.66. The molecule has 0 unspecified atom stereocenters. The molecule has 1 fully saturated rings. The van der Waals surface area contributed by atoms with Crippen LogP contribution in [0.4, 0.5) is 0 Å². The Hall–Kier alpha value is -1.11. The van der Waals surface area contributed by atoms with Gasteiger partial charge in [0.1, 0.15) is 10.6 Å². The van der Waals surface area contributed by atoms with Crippen molar-refractivity contribution in [1.82, 2.24) is 4.31 Å². The fourth-order valence-corrected chi connectivity index (χ4v) is 4.01. The minimum absolute atomic E-state index is 0.196. The number of ether oxygens (including phenoxy) is 1. The van der Waals surface area contributed by atoms with Gasteiger partial charge in [-0.05, 0) is 44.4 Å². The molecule has 1 saturated heterocycles. The lowest BCUT2D eigenvalue weighted by atomic mass is 9.95. The van der Waals surface area contributed by atoms with Crippen molar-refractivity contribution in [2.24, 2.45) is 0 Å². The standard InChI is InChI=1S/C14H21NO4S/c1-11-4-5-12(19-3)13(10-11)20(17,18)15-8-6-14(2,16)7-9-15/h4-5,10,16H,6-9H2,1-3H3. The zero-order chi connectivity index (χ0) is 15.0. The van der Waals surface area contributed by atoms with E-state index in [0.29, 0.717) is 31.7 Å². The van der Waals surface area contributed by atoms with Crippen molar-refractivity contribution in [2.45, 2.75) is 37.2 Å². The van der Waals surface area contributed by atoms with Crippen molar-refractivity contribution in [1.29, 1.82) is 0 Å². The summed E-state index contributed by atoms with van der Waals surface area (Å²) in [6.45, 7) is 4.24. The van der Waals surface area contributed by atoms with Gasteiger partial charge >= 0.3 is 0 Å². The zero-order valence-corrected chi connectivity index (χ0v) is 12.9. The van der Waals surface area contributed by atoms with Gasteiger partial charge in [0.15, 0.2) is 0 Å². The Morgan fingerprint density at radius 2 is 1.90 bits per heavy atom. The van der Waals surface area contributed by atoms with Crippen LogP contribution in [-0.4, -0.2) is 43.6 Å². The largest absolute Gasteiger partial charge is 0.495 e. The predicted octanol–water partition coefficient (Wildman–Crippen LogP) is 1.54. The summed E-state index contributed by atoms with van der Waals surface area (Å²) in [4.78, 5) is 0.196. The van der Waals surface area contributed by atoms with Crippen molar-refractivity contribution in [3.05, 3.63) is 23.8 Å². The lowest BCUT2D eigenvalue weighted by Crippen LogP contribution is -2.45. The fraction of sp³-hybridized carbons (Fsp3) is 0.571. The Labute approximate surface area is 120 Å². The van der Waals surface area contributed by atoms with Crippen molar-refractivity contribution >= 4 is 10.0 Å². The number of nitrogens with zero attached hydrogens (tertiary/aromatic N) is 1. The molecule has 0 amide bonds. The molecule has 0 bridgehead atoms. The minimum Gasteiger partial charge on any atom is -0.495 e. The van der Waals surface area contributed by atoms with E-state index < -0.39 is 15.6 Å². The van der Waals surface area contributed by atoms with Gasteiger partial charge in [-0.25, -0.2) is 8.42 Å². The number of aliphatic hydroxyl groups is 1. The third kappa shape index (κ3) is 2.97. The summed E-state index contributed by atoms with van der Waals surface area (Å²) in [5.41, 5.74) is 0.0938. The minimum atomic E-state index is -3.58. The van der Waals surface area contributed by atoms with Gasteiger partial charge in [-0.3, -0.25) is 0 Å². The second kappa shape index (κ2) is 5.35. The summed E-state index contributed by atoms with van der Waals surface area (Å²) in [5, 5.41) is 9.93. The second-order valence-corrected chi connectivity index (χ2v) is 7.46. The first-order valence-electron chi connectivity index (χ1n) is 6.63. The molecular weight excluding hydrogens is 278 g/mol. The molecule has 1 aliphatic rings. The average molecular weight is 299 g/mol. The smallest absolute Gasteiger partial charge is 0.246 e. The molecule has 1 aromatic carbocycles. The van der Waals surface area contributed by atoms with Gasteiger partial charge in [0, 0.05) is 13.1 Å². The molecule has 2 rings (SSSR count). The van der Waals surface area contributed by atoms with Gasteiger partial charge in [-0.15, -0.1) is 0 Å². The van der Waals surface area contributed by atoms with Gasteiger partial charge in [0.05, 0.1) is 12.7 Å². The topological polar surface area (TPSA) is 66.8 Å². The molecule has 112 valence electrons. The summed E-state index contributed by atoms with van der Waals surface area (Å²) in [6.07, 6.45) is 0.890. The highest BCUT2D eigenvalue weighted by molar-refractivity contribution is 7.89. The van der Waals surface area contributed by atoms with E-state index in [1.807, 2.05) is 13.0 Å². The lowest BCUT2D eigenvalue weighted by molar-refractivity contribution is 0.0126. The van der Waals surface area contributed by atoms with Crippen molar-refractivity contribution in [2.75, 3.05) is 20.2 Å². The van der Waals surface area contributed by atoms with E-state index in [-0.39, 0.29) is 4.90 Å². The Morgan fingerprint density at radius 1 is 1.30 bits per heavy atom. The normalized spacial score (nSPS) is 19.8. The van der Waals surface area contributed by atoms with Crippen LogP contribution < -0.4 is 4.74 Å². The molecule has 5 nitrogen and oxygen atoms in total. The zero-order valence-electron chi connectivity index (χ0n) is 12.1. The quantitative estimate of drug-likeness (QED) is 0.919. The highest BCUT2D eigenvalue weighted by atomic mass is 32.2. The molecule has 1 heterocycles. The van der Waals surface area contributed by atoms with Crippen LogP contribution in [0.5, 0.6) is 5.75 Å². The SMILES string of the molecule is COc1ccc(C)cc1S(=O)(=O)N1CCC(C)(O)CC1. The highest BCUT2D eigenvalue weighted by Crippen LogP contribution is 2.31. The number of rotatable bonds is 3. The van der Waals surface area contributed by atoms with Crippen molar-refractivity contribution < 1.29 is 18.3 Å². The summed E-state index contributed by atoms with van der Waals surface area (Å²) in [7, 11) is -2.12. The number of hydrogen-bond acceptors (Lipinski definition) is 4. The number of methoxy groups -OCH3 is 1. The monoisotopic (exact) mass is 299 g/mol. The molecule has 1 N–H and O–H groups in total. The first-order valence-corrected chi connectivity index (χ1v) is 8.07. The number of aryl methyl sites for hydroxylation is 1. The number of hydrogen-bond donors (Lipinski definition) is 1. The maximum atomic E-state index is 12.7. The molecule has 20 heavy (non-hydrogen) atoms. The maximum Gasteiger partial charge on any atom is 0.246 e. The van der Waals surface area contributed by atoms with Gasteiger partial charge < -0.3 is 9.84 Å². The summed E-state index contributed by atoms with van der Waals surface area (Å²) in [6, 6.07) is 5.11. The number of piperidine rings is 1. The summed E-state index contributed by atoms with van der Waals surface area (Å²) < 4.78 is 32.0. The lowest BCUT2D eigenvalue weighted by Gasteiger charge is -2.35. The Morgan fingerprint density at radius 3 is 2.45 bits per heavy atom. The molecule has 0 spiro atoms. The van der Waals surface area contributed by atoms with E-state index in [2.05, 4.69) is 0 Å². The molecule has 0 saturated carbocycles. The molecule has 6 heteroatoms. The Kier molecular flexibility index (Phi) is 4.09. The highest BCUT2D eigenvalue weighted by Gasteiger charge is 2.35. The Bertz CT molecular complexity index is 585. The molecule has 0 aliphatic carbocycles. The Balaban J connectivity index is 2.34. The van der Waals surface area contributed by atoms with E-state index in [4.69, 9.17) is 4.74 Å². The molecule has 0 atom stereocenters. The van der Waals surface area contributed by atoms with Crippen LogP contribution in [0.3, 0.4) is 0 Å². The van der Waals surface area contributed by atoms with Crippen LogP contribution in [0.2, 0.25) is 0 Å². The van der Waals surface area contributed by atoms with E-state index in [1.54, 1.807) is 19.1 Å². The molecule has 0 radical (unpaired) electrons. The third-order valence-electron chi connectivity index (χ3n) is 3.74. The van der Waals surface area contributed by atoms with Crippen LogP contribution >= 0.6 is 0 Å².